The first-order chi connectivity index (χ1) is 11.3. The van der Waals surface area contributed by atoms with Crippen LogP contribution in [0.1, 0.15) is 5.56 Å². The number of allylic oxidation sites excluding steroid dienone is 1. The van der Waals surface area contributed by atoms with Gasteiger partial charge in [0, 0.05) is 11.6 Å². The van der Waals surface area contributed by atoms with Crippen molar-refractivity contribution in [1.82, 2.24) is 5.48 Å². The van der Waals surface area contributed by atoms with E-state index in [1.807, 2.05) is 0 Å². The highest BCUT2D eigenvalue weighted by molar-refractivity contribution is 6.47. The lowest BCUT2D eigenvalue weighted by atomic mass is 9.99. The number of ether oxygens (including phenoxy) is 1. The topological polar surface area (TPSA) is 67.8 Å². The van der Waals surface area contributed by atoms with Crippen molar-refractivity contribution in [3.8, 4) is 0 Å². The predicted octanol–water partition coefficient (Wildman–Crippen LogP) is 3.69. The van der Waals surface area contributed by atoms with E-state index in [-0.39, 0.29) is 27.1 Å². The van der Waals surface area contributed by atoms with Crippen LogP contribution in [0.2, 0.25) is 0 Å². The fourth-order valence-electron chi connectivity index (χ4n) is 2.27. The van der Waals surface area contributed by atoms with Gasteiger partial charge in [0.05, 0.1) is 21.3 Å². The largest absolute Gasteiger partial charge is 0.480 e. The molecule has 0 aromatic heterocycles. The van der Waals surface area contributed by atoms with Crippen molar-refractivity contribution in [2.75, 3.05) is 6.61 Å². The van der Waals surface area contributed by atoms with E-state index >= 15 is 0 Å². The molecule has 1 heterocycles. The molecule has 9 heteroatoms. The smallest absolute Gasteiger partial charge is 0.329 e. The Morgan fingerprint density at radius 2 is 2.08 bits per heavy atom. The van der Waals surface area contributed by atoms with E-state index in [0.717, 1.165) is 0 Å². The van der Waals surface area contributed by atoms with Gasteiger partial charge in [-0.1, -0.05) is 46.9 Å². The minimum absolute atomic E-state index is 0.0298. The van der Waals surface area contributed by atoms with Gasteiger partial charge in [-0.15, -0.1) is 0 Å². The molecule has 0 fully saturated rings. The first-order valence-corrected chi connectivity index (χ1v) is 7.73. The lowest BCUT2D eigenvalue weighted by Gasteiger charge is -2.27. The van der Waals surface area contributed by atoms with Crippen molar-refractivity contribution < 1.29 is 23.9 Å². The van der Waals surface area contributed by atoms with Crippen molar-refractivity contribution in [2.45, 2.75) is 5.06 Å². The van der Waals surface area contributed by atoms with E-state index < -0.39 is 23.5 Å². The first kappa shape index (κ1) is 17.1. The molecule has 5 nitrogen and oxygen atoms in total. The zero-order valence-electron chi connectivity index (χ0n) is 11.8. The molecule has 2 N–H and O–H groups in total. The van der Waals surface area contributed by atoms with Crippen LogP contribution in [0.15, 0.2) is 51.7 Å². The predicted molar refractivity (Wildman–Crippen MR) is 86.5 cm³/mol. The van der Waals surface area contributed by atoms with E-state index in [9.17, 15) is 9.18 Å². The molecule has 1 aromatic carbocycles. The maximum Gasteiger partial charge on any atom is 0.329 e. The molecular formula is C15H9Cl3FNO4. The Morgan fingerprint density at radius 3 is 2.75 bits per heavy atom. The lowest BCUT2D eigenvalue weighted by molar-refractivity contribution is -0.143. The number of aliphatic carboxylic acids is 1. The number of hydrogen-bond acceptors (Lipinski definition) is 4. The highest BCUT2D eigenvalue weighted by atomic mass is 35.5. The van der Waals surface area contributed by atoms with Crippen LogP contribution in [-0.2, 0) is 14.4 Å². The van der Waals surface area contributed by atoms with Gasteiger partial charge in [0.15, 0.2) is 5.76 Å². The van der Waals surface area contributed by atoms with Gasteiger partial charge in [0.2, 0.25) is 5.06 Å². The zero-order chi connectivity index (χ0) is 17.5. The van der Waals surface area contributed by atoms with E-state index in [0.29, 0.717) is 5.57 Å². The molecule has 0 radical (unpaired) electrons. The number of hydroxylamine groups is 1. The van der Waals surface area contributed by atoms with Gasteiger partial charge in [-0.25, -0.2) is 14.7 Å². The van der Waals surface area contributed by atoms with Crippen LogP contribution in [-0.4, -0.2) is 22.7 Å². The lowest BCUT2D eigenvalue weighted by Crippen LogP contribution is -2.30. The summed E-state index contributed by atoms with van der Waals surface area (Å²) in [4.78, 5) is 16.0. The standard InChI is InChI=1S/C15H9Cl3FNO4/c16-12-11-9(5-15(18,14(12)17)23-6-10(21)22)24-20-13(11)7-3-1-2-4-8(7)19/h1-5,20H,6H2,(H,21,22). The monoisotopic (exact) mass is 391 g/mol. The molecule has 2 aliphatic rings. The SMILES string of the molecule is O=C(O)COC1(Cl)C=C2ONC(c3ccccc3F)=C2C(Cl)=C1Cl. The van der Waals surface area contributed by atoms with E-state index in [2.05, 4.69) is 5.48 Å². The normalized spacial score (nSPS) is 22.8. The summed E-state index contributed by atoms with van der Waals surface area (Å²) in [5.74, 6) is -1.56. The molecule has 126 valence electrons. The van der Waals surface area contributed by atoms with Crippen molar-refractivity contribution >= 4 is 46.5 Å². The van der Waals surface area contributed by atoms with Crippen molar-refractivity contribution in [3.63, 3.8) is 0 Å². The fourth-order valence-corrected chi connectivity index (χ4v) is 3.10. The summed E-state index contributed by atoms with van der Waals surface area (Å²) in [6, 6.07) is 6.03. The molecule has 1 aliphatic carbocycles. The van der Waals surface area contributed by atoms with Crippen molar-refractivity contribution in [3.05, 3.63) is 63.1 Å². The van der Waals surface area contributed by atoms with Gasteiger partial charge in [-0.2, -0.15) is 0 Å². The Kier molecular flexibility index (Phi) is 4.48. The number of fused-ring (bicyclic) bond motifs is 1. The molecule has 1 aromatic rings. The van der Waals surface area contributed by atoms with Gasteiger partial charge in [-0.3, -0.25) is 0 Å². The molecule has 0 amide bonds. The number of carbonyl (C=O) groups is 1. The summed E-state index contributed by atoms with van der Waals surface area (Å²) in [5, 5.41) is 6.76. The Labute approximate surface area is 150 Å². The van der Waals surface area contributed by atoms with Crippen LogP contribution in [0.3, 0.4) is 0 Å². The van der Waals surface area contributed by atoms with E-state index in [1.165, 1.54) is 12.1 Å². The summed E-state index contributed by atoms with van der Waals surface area (Å²) in [7, 11) is 0. The van der Waals surface area contributed by atoms with Crippen LogP contribution >= 0.6 is 34.8 Å². The number of hydrogen-bond donors (Lipinski definition) is 2. The van der Waals surface area contributed by atoms with Gasteiger partial charge in [0.25, 0.3) is 0 Å². The Morgan fingerprint density at radius 1 is 1.38 bits per heavy atom. The second-order valence-electron chi connectivity index (χ2n) is 4.90. The van der Waals surface area contributed by atoms with Crippen LogP contribution in [0.4, 0.5) is 4.39 Å². The Bertz CT molecular complexity index is 821. The number of rotatable bonds is 4. The number of nitrogens with one attached hydrogen (secondary N) is 1. The number of benzene rings is 1. The van der Waals surface area contributed by atoms with Crippen LogP contribution in [0, 0.1) is 5.82 Å². The molecule has 1 aliphatic heterocycles. The second kappa shape index (κ2) is 6.29. The molecule has 1 atom stereocenters. The quantitative estimate of drug-likeness (QED) is 0.765. The van der Waals surface area contributed by atoms with Gasteiger partial charge < -0.3 is 14.7 Å². The highest BCUT2D eigenvalue weighted by Gasteiger charge is 2.43. The van der Waals surface area contributed by atoms with Crippen LogP contribution < -0.4 is 5.48 Å². The summed E-state index contributed by atoms with van der Waals surface area (Å²) >= 11 is 18.6. The molecule has 24 heavy (non-hydrogen) atoms. The zero-order valence-corrected chi connectivity index (χ0v) is 14.0. The van der Waals surface area contributed by atoms with Crippen LogP contribution in [0.25, 0.3) is 5.70 Å². The van der Waals surface area contributed by atoms with Gasteiger partial charge in [-0.05, 0) is 12.1 Å². The van der Waals surface area contributed by atoms with E-state index in [1.54, 1.807) is 18.2 Å². The minimum Gasteiger partial charge on any atom is -0.480 e. The maximum atomic E-state index is 14.0. The summed E-state index contributed by atoms with van der Waals surface area (Å²) in [6.45, 7) is -0.694. The number of alkyl halides is 1. The third-order valence-corrected chi connectivity index (χ3v) is 4.78. The molecule has 0 saturated carbocycles. The summed E-state index contributed by atoms with van der Waals surface area (Å²) in [6.07, 6.45) is 1.27. The summed E-state index contributed by atoms with van der Waals surface area (Å²) < 4.78 is 19.1. The highest BCUT2D eigenvalue weighted by Crippen LogP contribution is 2.48. The Balaban J connectivity index is 2.08. The second-order valence-corrected chi connectivity index (χ2v) is 6.22. The van der Waals surface area contributed by atoms with E-state index in [4.69, 9.17) is 49.5 Å². The van der Waals surface area contributed by atoms with Crippen molar-refractivity contribution in [1.29, 1.82) is 0 Å². The number of carboxylic acid groups (broad SMARTS) is 1. The number of carboxylic acids is 1. The van der Waals surface area contributed by atoms with Crippen molar-refractivity contribution in [2.24, 2.45) is 0 Å². The maximum absolute atomic E-state index is 14.0. The molecule has 3 rings (SSSR count). The molecule has 1 unspecified atom stereocenters. The number of halogens is 4. The Hall–Kier alpha value is -1.73. The average Bonchev–Trinajstić information content (AvgIpc) is 2.95. The third-order valence-electron chi connectivity index (χ3n) is 3.34. The van der Waals surface area contributed by atoms with Gasteiger partial charge in [0.1, 0.15) is 12.4 Å². The molecular weight excluding hydrogens is 384 g/mol. The fraction of sp³-hybridized carbons (Fsp3) is 0.133. The molecule has 0 saturated heterocycles. The molecule has 0 bridgehead atoms. The minimum atomic E-state index is -1.79. The summed E-state index contributed by atoms with van der Waals surface area (Å²) in [5.41, 5.74) is 3.39. The average molecular weight is 393 g/mol. The third kappa shape index (κ3) is 2.86. The van der Waals surface area contributed by atoms with Gasteiger partial charge >= 0.3 is 5.97 Å². The first-order valence-electron chi connectivity index (χ1n) is 6.59. The van der Waals surface area contributed by atoms with Crippen LogP contribution in [0.5, 0.6) is 0 Å². The molecule has 0 spiro atoms.